The lowest BCUT2D eigenvalue weighted by atomic mass is 10.2. The van der Waals surface area contributed by atoms with Gasteiger partial charge in [0.1, 0.15) is 4.60 Å². The average molecular weight is 354 g/mol. The average Bonchev–Trinajstić information content (AvgIpc) is 2.52. The van der Waals surface area contributed by atoms with E-state index in [0.29, 0.717) is 6.42 Å². The number of hydrogen-bond donors (Lipinski definition) is 1. The molecule has 7 heteroatoms. The summed E-state index contributed by atoms with van der Waals surface area (Å²) in [5, 5.41) is 3.68. The van der Waals surface area contributed by atoms with Crippen molar-refractivity contribution in [1.82, 2.24) is 4.98 Å². The van der Waals surface area contributed by atoms with Gasteiger partial charge in [-0.3, -0.25) is 4.99 Å². The molecule has 0 aliphatic heterocycles. The van der Waals surface area contributed by atoms with Crippen molar-refractivity contribution in [2.75, 3.05) is 6.54 Å². The van der Waals surface area contributed by atoms with Gasteiger partial charge in [-0.2, -0.15) is 5.10 Å². The maximum Gasteiger partial charge on any atom is 0.160 e. The highest BCUT2D eigenvalue weighted by atomic mass is 79.9. The largest absolute Gasteiger partial charge is 0.323 e. The first-order chi connectivity index (χ1) is 7.17. The molecule has 0 saturated heterocycles. The number of aliphatic imine (C=N–C) groups is 1. The number of hydrogen-bond acceptors (Lipinski definition) is 5. The molecule has 0 fully saturated rings. The molecule has 0 unspecified atom stereocenters. The molecule has 0 atom stereocenters. The van der Waals surface area contributed by atoms with Crippen LogP contribution in [0, 0.1) is 0 Å². The highest BCUT2D eigenvalue weighted by molar-refractivity contribution is 9.11. The van der Waals surface area contributed by atoms with E-state index in [1.54, 1.807) is 17.6 Å². The molecule has 1 rings (SSSR count). The van der Waals surface area contributed by atoms with E-state index in [0.717, 1.165) is 25.7 Å². The molecule has 0 aliphatic rings. The van der Waals surface area contributed by atoms with E-state index in [1.807, 2.05) is 6.92 Å². The maximum absolute atomic E-state index is 5.27. The number of nitrogens with two attached hydrogens (primary N) is 1. The zero-order chi connectivity index (χ0) is 11.3. The summed E-state index contributed by atoms with van der Waals surface area (Å²) in [6.07, 6.45) is 2.34. The molecule has 0 saturated carbocycles. The van der Waals surface area contributed by atoms with E-state index in [2.05, 4.69) is 46.9 Å². The third-order valence-electron chi connectivity index (χ3n) is 1.55. The van der Waals surface area contributed by atoms with Gasteiger partial charge in [0.15, 0.2) is 3.92 Å². The summed E-state index contributed by atoms with van der Waals surface area (Å²) >= 11 is 8.24. The van der Waals surface area contributed by atoms with Crippen molar-refractivity contribution in [2.45, 2.75) is 13.3 Å². The second-order valence-corrected chi connectivity index (χ2v) is 5.72. The first kappa shape index (κ1) is 12.8. The smallest absolute Gasteiger partial charge is 0.160 e. The lowest BCUT2D eigenvalue weighted by Crippen LogP contribution is -2.07. The molecule has 0 aromatic carbocycles. The van der Waals surface area contributed by atoms with Gasteiger partial charge in [0, 0.05) is 24.1 Å². The van der Waals surface area contributed by atoms with Crippen LogP contribution in [0.2, 0.25) is 0 Å². The summed E-state index contributed by atoms with van der Waals surface area (Å²) in [6.45, 7) is 2.69. The van der Waals surface area contributed by atoms with Crippen LogP contribution in [-0.4, -0.2) is 23.5 Å². The molecule has 15 heavy (non-hydrogen) atoms. The van der Waals surface area contributed by atoms with Gasteiger partial charge < -0.3 is 5.84 Å². The Morgan fingerprint density at radius 1 is 1.60 bits per heavy atom. The topological polar surface area (TPSA) is 63.6 Å². The molecule has 0 spiro atoms. The lowest BCUT2D eigenvalue weighted by molar-refractivity contribution is 1.14. The Balaban J connectivity index is 2.76. The Labute approximate surface area is 109 Å². The number of rotatable bonds is 4. The summed E-state index contributed by atoms with van der Waals surface area (Å²) < 4.78 is 1.67. The molecule has 0 aliphatic carbocycles. The Bertz CT molecular complexity index is 386. The van der Waals surface area contributed by atoms with Crippen LogP contribution in [0.5, 0.6) is 0 Å². The summed E-state index contributed by atoms with van der Waals surface area (Å²) in [4.78, 5) is 9.36. The highest BCUT2D eigenvalue weighted by Gasteiger charge is 2.09. The fourth-order valence-electron chi connectivity index (χ4n) is 0.901. The van der Waals surface area contributed by atoms with Crippen molar-refractivity contribution in [3.8, 4) is 0 Å². The van der Waals surface area contributed by atoms with Gasteiger partial charge in [0.05, 0.1) is 5.71 Å². The zero-order valence-electron chi connectivity index (χ0n) is 8.07. The predicted octanol–water partition coefficient (Wildman–Crippen LogP) is 2.62. The van der Waals surface area contributed by atoms with Gasteiger partial charge in [-0.1, -0.05) is 0 Å². The summed E-state index contributed by atoms with van der Waals surface area (Å²) in [6, 6.07) is 0. The third kappa shape index (κ3) is 4.00. The second kappa shape index (κ2) is 6.34. The van der Waals surface area contributed by atoms with Gasteiger partial charge >= 0.3 is 0 Å². The fourth-order valence-corrected chi connectivity index (χ4v) is 3.27. The molecular formula is C8H10Br2N4S. The fraction of sp³-hybridized carbons (Fsp3) is 0.375. The molecule has 0 bridgehead atoms. The van der Waals surface area contributed by atoms with Crippen LogP contribution in [0.4, 0.5) is 0 Å². The molecular weight excluding hydrogens is 344 g/mol. The van der Waals surface area contributed by atoms with Crippen LogP contribution in [0.15, 0.2) is 18.6 Å². The standard InChI is InChI=1S/C8H10Br2N4S/c1-2-12-4-5(14-11)3-6-7(9)13-8(10)15-6/h4H,2-3,11H2,1H3. The van der Waals surface area contributed by atoms with E-state index in [9.17, 15) is 0 Å². The van der Waals surface area contributed by atoms with E-state index in [4.69, 9.17) is 5.84 Å². The van der Waals surface area contributed by atoms with E-state index >= 15 is 0 Å². The van der Waals surface area contributed by atoms with E-state index < -0.39 is 0 Å². The van der Waals surface area contributed by atoms with Gasteiger partial charge in [-0.05, 0) is 38.8 Å². The van der Waals surface area contributed by atoms with Crippen molar-refractivity contribution in [2.24, 2.45) is 15.9 Å². The van der Waals surface area contributed by atoms with Gasteiger partial charge in [-0.25, -0.2) is 4.98 Å². The molecule has 82 valence electrons. The minimum absolute atomic E-state index is 0.643. The Morgan fingerprint density at radius 3 is 2.80 bits per heavy atom. The Kier molecular flexibility index (Phi) is 5.41. The van der Waals surface area contributed by atoms with E-state index in [-0.39, 0.29) is 0 Å². The van der Waals surface area contributed by atoms with Crippen molar-refractivity contribution in [1.29, 1.82) is 0 Å². The molecule has 2 N–H and O–H groups in total. The normalized spacial score (nSPS) is 12.6. The Hall–Kier alpha value is -0.270. The number of aromatic nitrogens is 1. The molecule has 1 aromatic heterocycles. The van der Waals surface area contributed by atoms with Crippen LogP contribution < -0.4 is 5.84 Å². The summed E-state index contributed by atoms with van der Waals surface area (Å²) in [5.74, 6) is 5.27. The first-order valence-electron chi connectivity index (χ1n) is 4.24. The quantitative estimate of drug-likeness (QED) is 0.513. The second-order valence-electron chi connectivity index (χ2n) is 2.61. The van der Waals surface area contributed by atoms with Gasteiger partial charge in [0.2, 0.25) is 0 Å². The van der Waals surface area contributed by atoms with Crippen LogP contribution >= 0.6 is 43.2 Å². The van der Waals surface area contributed by atoms with Crippen molar-refractivity contribution < 1.29 is 0 Å². The van der Waals surface area contributed by atoms with Crippen LogP contribution in [0.3, 0.4) is 0 Å². The molecule has 1 aromatic rings. The minimum atomic E-state index is 0.643. The van der Waals surface area contributed by atoms with Gasteiger partial charge in [-0.15, -0.1) is 11.3 Å². The number of halogens is 2. The molecule has 4 nitrogen and oxygen atoms in total. The SMILES string of the molecule is CCN=CC(Cc1sc(Br)nc1Br)=NN. The predicted molar refractivity (Wildman–Crippen MR) is 71.9 cm³/mol. The zero-order valence-corrected chi connectivity index (χ0v) is 12.1. The minimum Gasteiger partial charge on any atom is -0.323 e. The van der Waals surface area contributed by atoms with Crippen molar-refractivity contribution >= 4 is 55.1 Å². The number of thiazole rings is 1. The third-order valence-corrected chi connectivity index (χ3v) is 3.98. The first-order valence-corrected chi connectivity index (χ1v) is 6.65. The number of hydrazone groups is 1. The summed E-state index contributed by atoms with van der Waals surface area (Å²) in [5.41, 5.74) is 0.744. The van der Waals surface area contributed by atoms with Crippen LogP contribution in [0.1, 0.15) is 11.8 Å². The van der Waals surface area contributed by atoms with E-state index in [1.165, 1.54) is 0 Å². The molecule has 0 amide bonds. The number of nitrogens with zero attached hydrogens (tertiary/aromatic N) is 3. The molecule has 0 radical (unpaired) electrons. The summed E-state index contributed by atoms with van der Waals surface area (Å²) in [7, 11) is 0. The Morgan fingerprint density at radius 2 is 2.33 bits per heavy atom. The van der Waals surface area contributed by atoms with Crippen LogP contribution in [-0.2, 0) is 6.42 Å². The van der Waals surface area contributed by atoms with Crippen LogP contribution in [0.25, 0.3) is 0 Å². The maximum atomic E-state index is 5.27. The van der Waals surface area contributed by atoms with Gasteiger partial charge in [0.25, 0.3) is 0 Å². The monoisotopic (exact) mass is 352 g/mol. The molecule has 1 heterocycles. The van der Waals surface area contributed by atoms with Crippen molar-refractivity contribution in [3.63, 3.8) is 0 Å². The van der Waals surface area contributed by atoms with Crippen molar-refractivity contribution in [3.05, 3.63) is 13.4 Å². The lowest BCUT2D eigenvalue weighted by Gasteiger charge is -1.96. The highest BCUT2D eigenvalue weighted by Crippen LogP contribution is 2.27.